The van der Waals surface area contributed by atoms with E-state index < -0.39 is 0 Å². The van der Waals surface area contributed by atoms with Crippen molar-refractivity contribution in [2.75, 3.05) is 13.2 Å². The van der Waals surface area contributed by atoms with Crippen molar-refractivity contribution >= 4 is 22.9 Å². The molecule has 1 aliphatic heterocycles. The molecule has 1 aliphatic rings. The Hall–Kier alpha value is -2.58. The van der Waals surface area contributed by atoms with Crippen LogP contribution in [0.25, 0.3) is 17.0 Å². The van der Waals surface area contributed by atoms with Gasteiger partial charge in [0.25, 0.3) is 5.91 Å². The van der Waals surface area contributed by atoms with Gasteiger partial charge in [0.2, 0.25) is 0 Å². The second-order valence-electron chi connectivity index (χ2n) is 5.95. The van der Waals surface area contributed by atoms with Gasteiger partial charge in [0.15, 0.2) is 0 Å². The van der Waals surface area contributed by atoms with Gasteiger partial charge in [-0.05, 0) is 30.9 Å². The fourth-order valence-corrected chi connectivity index (χ4v) is 3.06. The molecule has 0 radical (unpaired) electrons. The first kappa shape index (κ1) is 16.3. The summed E-state index contributed by atoms with van der Waals surface area (Å²) in [5.41, 5.74) is 3.23. The molecule has 5 nitrogen and oxygen atoms in total. The van der Waals surface area contributed by atoms with Crippen LogP contribution in [-0.4, -0.2) is 30.1 Å². The van der Waals surface area contributed by atoms with Gasteiger partial charge in [-0.2, -0.15) is 5.26 Å². The summed E-state index contributed by atoms with van der Waals surface area (Å²) in [5.74, 6) is -0.353. The van der Waals surface area contributed by atoms with Gasteiger partial charge in [-0.3, -0.25) is 4.79 Å². The van der Waals surface area contributed by atoms with Crippen molar-refractivity contribution in [3.63, 3.8) is 0 Å². The number of nitrogens with zero attached hydrogens (tertiary/aromatic N) is 1. The summed E-state index contributed by atoms with van der Waals surface area (Å²) in [6, 6.07) is 8.07. The van der Waals surface area contributed by atoms with Crippen LogP contribution in [0.4, 0.5) is 0 Å². The highest BCUT2D eigenvalue weighted by atomic mass is 16.5. The Kier molecular flexibility index (Phi) is 4.97. The van der Waals surface area contributed by atoms with Crippen molar-refractivity contribution in [1.29, 1.82) is 5.26 Å². The number of amides is 1. The summed E-state index contributed by atoms with van der Waals surface area (Å²) in [5, 5.41) is 13.2. The van der Waals surface area contributed by atoms with E-state index in [1.54, 1.807) is 6.08 Å². The predicted molar refractivity (Wildman–Crippen MR) is 93.3 cm³/mol. The van der Waals surface area contributed by atoms with Crippen LogP contribution in [-0.2, 0) is 16.0 Å². The summed E-state index contributed by atoms with van der Waals surface area (Å²) in [6.45, 7) is 3.30. The minimum Gasteiger partial charge on any atom is -0.376 e. The maximum Gasteiger partial charge on any atom is 0.262 e. The Morgan fingerprint density at radius 1 is 1.54 bits per heavy atom. The Morgan fingerprint density at radius 2 is 2.42 bits per heavy atom. The van der Waals surface area contributed by atoms with E-state index in [-0.39, 0.29) is 17.6 Å². The number of fused-ring (bicyclic) bond motifs is 1. The van der Waals surface area contributed by atoms with Crippen LogP contribution in [0.3, 0.4) is 0 Å². The Bertz CT molecular complexity index is 808. The fourth-order valence-electron chi connectivity index (χ4n) is 3.06. The highest BCUT2D eigenvalue weighted by Gasteiger charge is 2.18. The normalized spacial score (nSPS) is 17.8. The van der Waals surface area contributed by atoms with Gasteiger partial charge in [0, 0.05) is 35.8 Å². The topological polar surface area (TPSA) is 77.9 Å². The van der Waals surface area contributed by atoms with E-state index in [0.29, 0.717) is 6.54 Å². The van der Waals surface area contributed by atoms with Gasteiger partial charge < -0.3 is 15.0 Å². The zero-order valence-corrected chi connectivity index (χ0v) is 13.8. The molecule has 1 amide bonds. The molecule has 2 N–H and O–H groups in total. The predicted octanol–water partition coefficient (Wildman–Crippen LogP) is 2.93. The maximum atomic E-state index is 12.2. The number of carbonyl (C=O) groups excluding carboxylic acids is 1. The minimum absolute atomic E-state index is 0.0640. The number of ether oxygens (including phenoxy) is 1. The van der Waals surface area contributed by atoms with Crippen LogP contribution in [0.5, 0.6) is 0 Å². The molecule has 2 heterocycles. The molecule has 1 saturated heterocycles. The monoisotopic (exact) mass is 323 g/mol. The second-order valence-corrected chi connectivity index (χ2v) is 5.95. The smallest absolute Gasteiger partial charge is 0.262 e. The molecular weight excluding hydrogens is 302 g/mol. The first-order valence-corrected chi connectivity index (χ1v) is 8.33. The summed E-state index contributed by atoms with van der Waals surface area (Å²) in [6.07, 6.45) is 6.45. The van der Waals surface area contributed by atoms with Crippen molar-refractivity contribution in [2.45, 2.75) is 32.3 Å². The summed E-state index contributed by atoms with van der Waals surface area (Å²) >= 11 is 0. The Morgan fingerprint density at radius 3 is 3.12 bits per heavy atom. The van der Waals surface area contributed by atoms with E-state index >= 15 is 0 Å². The van der Waals surface area contributed by atoms with E-state index in [9.17, 15) is 10.1 Å². The number of para-hydroxylation sites is 1. The van der Waals surface area contributed by atoms with E-state index in [4.69, 9.17) is 4.74 Å². The lowest BCUT2D eigenvalue weighted by Crippen LogP contribution is -2.32. The molecule has 0 spiro atoms. The maximum absolute atomic E-state index is 12.2. The molecule has 2 aromatic rings. The highest BCUT2D eigenvalue weighted by Crippen LogP contribution is 2.24. The SMILES string of the molecule is CCc1cccc2c(/C=C(\C#N)C(=O)NC[C@@H]3CCCO3)c[nH]c12. The fraction of sp³-hybridized carbons (Fsp3) is 0.368. The number of nitrogens with one attached hydrogen (secondary N) is 2. The first-order valence-electron chi connectivity index (χ1n) is 8.33. The van der Waals surface area contributed by atoms with Crippen molar-refractivity contribution in [2.24, 2.45) is 0 Å². The van der Waals surface area contributed by atoms with Crippen molar-refractivity contribution in [1.82, 2.24) is 10.3 Å². The van der Waals surface area contributed by atoms with Crippen molar-refractivity contribution in [3.8, 4) is 6.07 Å². The van der Waals surface area contributed by atoms with Gasteiger partial charge in [-0.25, -0.2) is 0 Å². The number of aromatic amines is 1. The van der Waals surface area contributed by atoms with Gasteiger partial charge >= 0.3 is 0 Å². The standard InChI is InChI=1S/C19H21N3O2/c1-2-13-5-3-7-17-15(11-21-18(13)17)9-14(10-20)19(23)22-12-16-6-4-8-24-16/h3,5,7,9,11,16,21H,2,4,6,8,12H2,1H3,(H,22,23)/b14-9+/t16-/m0/s1. The lowest BCUT2D eigenvalue weighted by molar-refractivity contribution is -0.117. The Balaban J connectivity index is 1.80. The van der Waals surface area contributed by atoms with Gasteiger partial charge in [0.1, 0.15) is 11.6 Å². The number of hydrogen-bond acceptors (Lipinski definition) is 3. The third-order valence-corrected chi connectivity index (χ3v) is 4.39. The highest BCUT2D eigenvalue weighted by molar-refractivity contribution is 6.04. The van der Waals surface area contributed by atoms with Crippen LogP contribution in [0, 0.1) is 11.3 Å². The quantitative estimate of drug-likeness (QED) is 0.656. The molecule has 3 rings (SSSR count). The van der Waals surface area contributed by atoms with Crippen LogP contribution >= 0.6 is 0 Å². The third-order valence-electron chi connectivity index (χ3n) is 4.39. The molecule has 1 fully saturated rings. The van der Waals surface area contributed by atoms with E-state index in [1.807, 2.05) is 24.4 Å². The van der Waals surface area contributed by atoms with Crippen LogP contribution in [0.1, 0.15) is 30.9 Å². The minimum atomic E-state index is -0.353. The molecular formula is C19H21N3O2. The third kappa shape index (κ3) is 3.34. The van der Waals surface area contributed by atoms with Gasteiger partial charge in [-0.15, -0.1) is 0 Å². The number of carbonyl (C=O) groups is 1. The van der Waals surface area contributed by atoms with Crippen LogP contribution < -0.4 is 5.32 Å². The molecule has 1 aromatic heterocycles. The van der Waals surface area contributed by atoms with Crippen molar-refractivity contribution < 1.29 is 9.53 Å². The largest absolute Gasteiger partial charge is 0.376 e. The molecule has 0 aliphatic carbocycles. The van der Waals surface area contributed by atoms with Crippen LogP contribution in [0.2, 0.25) is 0 Å². The van der Waals surface area contributed by atoms with Gasteiger partial charge in [-0.1, -0.05) is 25.1 Å². The van der Waals surface area contributed by atoms with E-state index in [2.05, 4.69) is 23.3 Å². The lowest BCUT2D eigenvalue weighted by Gasteiger charge is -2.10. The van der Waals surface area contributed by atoms with Gasteiger partial charge in [0.05, 0.1) is 6.10 Å². The van der Waals surface area contributed by atoms with Crippen molar-refractivity contribution in [3.05, 3.63) is 41.1 Å². The summed E-state index contributed by atoms with van der Waals surface area (Å²) in [7, 11) is 0. The number of H-pyrrole nitrogens is 1. The zero-order valence-electron chi connectivity index (χ0n) is 13.8. The molecule has 0 unspecified atom stereocenters. The number of rotatable bonds is 5. The Labute approximate surface area is 141 Å². The summed E-state index contributed by atoms with van der Waals surface area (Å²) < 4.78 is 5.48. The van der Waals surface area contributed by atoms with E-state index in [1.165, 1.54) is 5.56 Å². The average molecular weight is 323 g/mol. The van der Waals surface area contributed by atoms with E-state index in [0.717, 1.165) is 42.3 Å². The molecule has 5 heteroatoms. The molecule has 124 valence electrons. The molecule has 24 heavy (non-hydrogen) atoms. The average Bonchev–Trinajstić information content (AvgIpc) is 3.27. The number of hydrogen-bond donors (Lipinski definition) is 2. The number of nitriles is 1. The second kappa shape index (κ2) is 7.33. The lowest BCUT2D eigenvalue weighted by atomic mass is 10.1. The zero-order chi connectivity index (χ0) is 16.9. The molecule has 0 bridgehead atoms. The number of aromatic nitrogens is 1. The first-order chi connectivity index (χ1) is 11.7. The summed E-state index contributed by atoms with van der Waals surface area (Å²) in [4.78, 5) is 15.5. The molecule has 1 atom stereocenters. The molecule has 0 saturated carbocycles. The molecule has 1 aromatic carbocycles. The van der Waals surface area contributed by atoms with Crippen LogP contribution in [0.15, 0.2) is 30.0 Å². The number of benzene rings is 1. The number of aryl methyl sites for hydroxylation is 1.